The van der Waals surface area contributed by atoms with Crippen molar-refractivity contribution in [3.63, 3.8) is 0 Å². The van der Waals surface area contributed by atoms with Gasteiger partial charge >= 0.3 is 6.18 Å². The zero-order valence-corrected chi connectivity index (χ0v) is 13.5. The maximum absolute atomic E-state index is 13.5. The zero-order chi connectivity index (χ0) is 16.9. The minimum absolute atomic E-state index is 0.168. The van der Waals surface area contributed by atoms with Crippen LogP contribution in [0.1, 0.15) is 26.6 Å². The van der Waals surface area contributed by atoms with Crippen molar-refractivity contribution in [2.24, 2.45) is 0 Å². The lowest BCUT2D eigenvalue weighted by atomic mass is 9.90. The molecule has 0 saturated heterocycles. The van der Waals surface area contributed by atoms with Gasteiger partial charge in [-0.2, -0.15) is 13.2 Å². The first-order valence-electron chi connectivity index (χ1n) is 6.27. The summed E-state index contributed by atoms with van der Waals surface area (Å²) in [6.45, 7) is 4.20. The number of nitrogens with zero attached hydrogens (tertiary/aromatic N) is 1. The van der Waals surface area contributed by atoms with Crippen molar-refractivity contribution in [2.75, 3.05) is 0 Å². The number of alkyl halides is 3. The normalized spacial score (nSPS) is 15.0. The SMILES string of the molecule is CC(C)=C(C)C(O)(c1nc2cc(Cl)c(Cl)cc2[nH]1)C(F)(F)F. The molecule has 0 aliphatic heterocycles. The van der Waals surface area contributed by atoms with E-state index in [4.69, 9.17) is 23.2 Å². The molecule has 1 aromatic heterocycles. The molecule has 2 rings (SSSR count). The lowest BCUT2D eigenvalue weighted by Gasteiger charge is -2.30. The maximum atomic E-state index is 13.5. The van der Waals surface area contributed by atoms with Crippen LogP contribution in [0.15, 0.2) is 23.3 Å². The van der Waals surface area contributed by atoms with Crippen LogP contribution < -0.4 is 0 Å². The molecular formula is C14H13Cl2F3N2O. The lowest BCUT2D eigenvalue weighted by Crippen LogP contribution is -2.44. The Kier molecular flexibility index (Phi) is 4.23. The minimum Gasteiger partial charge on any atom is -0.370 e. The molecule has 1 heterocycles. The fourth-order valence-electron chi connectivity index (χ4n) is 2.06. The van der Waals surface area contributed by atoms with Crippen molar-refractivity contribution in [1.29, 1.82) is 0 Å². The number of aromatic nitrogens is 2. The van der Waals surface area contributed by atoms with Crippen LogP contribution in [0.5, 0.6) is 0 Å². The van der Waals surface area contributed by atoms with Gasteiger partial charge in [-0.25, -0.2) is 4.98 Å². The van der Waals surface area contributed by atoms with Gasteiger partial charge in [0.25, 0.3) is 0 Å². The summed E-state index contributed by atoms with van der Waals surface area (Å²) < 4.78 is 40.5. The zero-order valence-electron chi connectivity index (χ0n) is 11.9. The third kappa shape index (κ3) is 2.59. The molecule has 0 fully saturated rings. The monoisotopic (exact) mass is 352 g/mol. The van der Waals surface area contributed by atoms with E-state index in [2.05, 4.69) is 9.97 Å². The Morgan fingerprint density at radius 2 is 1.68 bits per heavy atom. The number of aromatic amines is 1. The molecule has 2 N–H and O–H groups in total. The second kappa shape index (κ2) is 5.44. The summed E-state index contributed by atoms with van der Waals surface area (Å²) in [5.74, 6) is -0.618. The molecular weight excluding hydrogens is 340 g/mol. The first-order valence-corrected chi connectivity index (χ1v) is 7.03. The third-order valence-corrected chi connectivity index (χ3v) is 4.29. The van der Waals surface area contributed by atoms with Crippen LogP contribution in [0.2, 0.25) is 10.0 Å². The summed E-state index contributed by atoms with van der Waals surface area (Å²) in [5.41, 5.74) is -2.65. The number of hydrogen-bond acceptors (Lipinski definition) is 2. The van der Waals surface area contributed by atoms with Crippen LogP contribution in [0.25, 0.3) is 11.0 Å². The number of fused-ring (bicyclic) bond motifs is 1. The highest BCUT2D eigenvalue weighted by molar-refractivity contribution is 6.42. The van der Waals surface area contributed by atoms with Gasteiger partial charge in [0.1, 0.15) is 0 Å². The highest BCUT2D eigenvalue weighted by atomic mass is 35.5. The van der Waals surface area contributed by atoms with Gasteiger partial charge in [-0.3, -0.25) is 0 Å². The van der Waals surface area contributed by atoms with Gasteiger partial charge in [0.15, 0.2) is 5.82 Å². The van der Waals surface area contributed by atoms with E-state index < -0.39 is 17.6 Å². The Labute approximate surface area is 134 Å². The molecule has 22 heavy (non-hydrogen) atoms. The third-order valence-electron chi connectivity index (χ3n) is 3.57. The first-order chi connectivity index (χ1) is 9.98. The molecule has 0 saturated carbocycles. The van der Waals surface area contributed by atoms with E-state index in [-0.39, 0.29) is 26.7 Å². The molecule has 8 heteroatoms. The number of hydrogen-bond donors (Lipinski definition) is 2. The van der Waals surface area contributed by atoms with Crippen LogP contribution in [0.3, 0.4) is 0 Å². The Morgan fingerprint density at radius 1 is 1.14 bits per heavy atom. The first kappa shape index (κ1) is 17.1. The number of rotatable bonds is 2. The second-order valence-corrected chi connectivity index (χ2v) is 6.02. The van der Waals surface area contributed by atoms with E-state index in [1.54, 1.807) is 0 Å². The lowest BCUT2D eigenvalue weighted by molar-refractivity contribution is -0.252. The van der Waals surface area contributed by atoms with Gasteiger partial charge in [-0.1, -0.05) is 28.8 Å². The van der Waals surface area contributed by atoms with Crippen LogP contribution in [0.4, 0.5) is 13.2 Å². The largest absolute Gasteiger partial charge is 0.428 e. The molecule has 120 valence electrons. The molecule has 1 unspecified atom stereocenters. The van der Waals surface area contributed by atoms with Crippen molar-refractivity contribution in [3.8, 4) is 0 Å². The molecule has 0 bridgehead atoms. The fraction of sp³-hybridized carbons (Fsp3) is 0.357. The summed E-state index contributed by atoms with van der Waals surface area (Å²) in [4.78, 5) is 6.34. The predicted octanol–water partition coefficient (Wildman–Crippen LogP) is 4.98. The molecule has 0 radical (unpaired) electrons. The number of H-pyrrole nitrogens is 1. The van der Waals surface area contributed by atoms with E-state index in [9.17, 15) is 18.3 Å². The summed E-state index contributed by atoms with van der Waals surface area (Å²) >= 11 is 11.7. The van der Waals surface area contributed by atoms with E-state index in [1.165, 1.54) is 32.9 Å². The number of allylic oxidation sites excluding steroid dienone is 1. The quantitative estimate of drug-likeness (QED) is 0.749. The predicted molar refractivity (Wildman–Crippen MR) is 80.1 cm³/mol. The number of benzene rings is 1. The van der Waals surface area contributed by atoms with Gasteiger partial charge in [-0.15, -0.1) is 0 Å². The average Bonchev–Trinajstić information content (AvgIpc) is 2.79. The van der Waals surface area contributed by atoms with Crippen molar-refractivity contribution in [2.45, 2.75) is 32.5 Å². The van der Waals surface area contributed by atoms with Crippen molar-refractivity contribution >= 4 is 34.2 Å². The van der Waals surface area contributed by atoms with E-state index >= 15 is 0 Å². The highest BCUT2D eigenvalue weighted by Crippen LogP contribution is 2.44. The number of nitrogens with one attached hydrogen (secondary N) is 1. The molecule has 2 aromatic rings. The average molecular weight is 353 g/mol. The van der Waals surface area contributed by atoms with Gasteiger partial charge in [0, 0.05) is 0 Å². The molecule has 0 aliphatic carbocycles. The van der Waals surface area contributed by atoms with Crippen LogP contribution >= 0.6 is 23.2 Å². The van der Waals surface area contributed by atoms with E-state index in [0.717, 1.165) is 0 Å². The highest BCUT2D eigenvalue weighted by Gasteiger charge is 2.58. The summed E-state index contributed by atoms with van der Waals surface area (Å²) in [6, 6.07) is 2.71. The van der Waals surface area contributed by atoms with Gasteiger partial charge < -0.3 is 10.1 Å². The number of aliphatic hydroxyl groups is 1. The van der Waals surface area contributed by atoms with E-state index in [0.29, 0.717) is 5.57 Å². The van der Waals surface area contributed by atoms with Crippen LogP contribution in [0, 0.1) is 0 Å². The fourth-order valence-corrected chi connectivity index (χ4v) is 2.38. The standard InChI is InChI=1S/C14H13Cl2F3N2O/c1-6(2)7(3)13(22,14(17,18)19)12-20-10-4-8(15)9(16)5-11(10)21-12/h4-5,22H,1-3H3,(H,20,21). The Bertz CT molecular complexity index is 724. The van der Waals surface area contributed by atoms with Gasteiger partial charge in [0.2, 0.25) is 5.60 Å². The maximum Gasteiger partial charge on any atom is 0.428 e. The molecule has 1 atom stereocenters. The molecule has 0 amide bonds. The number of imidazole rings is 1. The minimum atomic E-state index is -4.93. The van der Waals surface area contributed by atoms with Crippen molar-refractivity contribution in [1.82, 2.24) is 9.97 Å². The molecule has 0 aliphatic rings. The molecule has 3 nitrogen and oxygen atoms in total. The Hall–Kier alpha value is -1.24. The summed E-state index contributed by atoms with van der Waals surface area (Å²) in [5, 5.41) is 10.7. The van der Waals surface area contributed by atoms with Crippen molar-refractivity contribution < 1.29 is 18.3 Å². The number of halogens is 5. The van der Waals surface area contributed by atoms with Crippen LogP contribution in [-0.4, -0.2) is 21.3 Å². The summed E-state index contributed by atoms with van der Waals surface area (Å²) in [7, 11) is 0. The second-order valence-electron chi connectivity index (χ2n) is 5.20. The topological polar surface area (TPSA) is 48.9 Å². The smallest absolute Gasteiger partial charge is 0.370 e. The van der Waals surface area contributed by atoms with Crippen LogP contribution in [-0.2, 0) is 5.60 Å². The summed E-state index contributed by atoms with van der Waals surface area (Å²) in [6.07, 6.45) is -4.93. The Balaban J connectivity index is 2.76. The van der Waals surface area contributed by atoms with Gasteiger partial charge in [-0.05, 0) is 38.5 Å². The van der Waals surface area contributed by atoms with E-state index in [1.807, 2.05) is 0 Å². The molecule has 1 aromatic carbocycles. The van der Waals surface area contributed by atoms with Crippen molar-refractivity contribution in [3.05, 3.63) is 39.1 Å². The molecule has 0 spiro atoms. The van der Waals surface area contributed by atoms with Gasteiger partial charge in [0.05, 0.1) is 21.1 Å². The Morgan fingerprint density at radius 3 is 2.18 bits per heavy atom.